The maximum atomic E-state index is 5.61. The van der Waals surface area contributed by atoms with Crippen LogP contribution in [0.1, 0.15) is 24.0 Å². The van der Waals surface area contributed by atoms with E-state index in [0.29, 0.717) is 0 Å². The number of nitrogens with one attached hydrogen (secondary N) is 1. The van der Waals surface area contributed by atoms with E-state index in [1.54, 1.807) is 0 Å². The fourth-order valence-corrected chi connectivity index (χ4v) is 2.77. The highest BCUT2D eigenvalue weighted by atomic mass is 16.5. The Hall–Kier alpha value is -1.02. The summed E-state index contributed by atoms with van der Waals surface area (Å²) >= 11 is 0. The zero-order valence-corrected chi connectivity index (χ0v) is 9.67. The van der Waals surface area contributed by atoms with Crippen molar-refractivity contribution in [3.8, 4) is 5.75 Å². The molecule has 0 aliphatic carbocycles. The Balaban J connectivity index is 1.69. The van der Waals surface area contributed by atoms with Crippen LogP contribution in [0.3, 0.4) is 0 Å². The molecule has 2 nitrogen and oxygen atoms in total. The van der Waals surface area contributed by atoms with Gasteiger partial charge in [0.2, 0.25) is 0 Å². The molecule has 0 aromatic heterocycles. The highest BCUT2D eigenvalue weighted by molar-refractivity contribution is 5.40. The summed E-state index contributed by atoms with van der Waals surface area (Å²) in [6, 6.07) is 6.77. The van der Waals surface area contributed by atoms with Crippen LogP contribution in [0.5, 0.6) is 5.75 Å². The third kappa shape index (κ3) is 2.07. The number of rotatable bonds is 2. The molecule has 1 aromatic rings. The molecule has 0 spiro atoms. The third-order valence-electron chi connectivity index (χ3n) is 3.68. The van der Waals surface area contributed by atoms with Gasteiger partial charge < -0.3 is 10.1 Å². The van der Waals surface area contributed by atoms with Gasteiger partial charge in [0.25, 0.3) is 0 Å². The lowest BCUT2D eigenvalue weighted by molar-refractivity contribution is 0.354. The molecule has 3 rings (SSSR count). The highest BCUT2D eigenvalue weighted by Crippen LogP contribution is 2.27. The minimum Gasteiger partial charge on any atom is -0.493 e. The topological polar surface area (TPSA) is 21.3 Å². The zero-order chi connectivity index (χ0) is 10.8. The summed E-state index contributed by atoms with van der Waals surface area (Å²) in [5.74, 6) is 1.94. The first-order valence-electron chi connectivity index (χ1n) is 6.37. The molecule has 16 heavy (non-hydrogen) atoms. The van der Waals surface area contributed by atoms with E-state index in [4.69, 9.17) is 4.74 Å². The maximum absolute atomic E-state index is 5.61. The smallest absolute Gasteiger partial charge is 0.122 e. The van der Waals surface area contributed by atoms with Crippen molar-refractivity contribution in [3.05, 3.63) is 29.3 Å². The summed E-state index contributed by atoms with van der Waals surface area (Å²) in [7, 11) is 0. The van der Waals surface area contributed by atoms with Crippen molar-refractivity contribution in [2.24, 2.45) is 5.92 Å². The normalized spacial score (nSPS) is 23.9. The van der Waals surface area contributed by atoms with E-state index >= 15 is 0 Å². The predicted octanol–water partition coefficient (Wildman–Crippen LogP) is 2.16. The molecular formula is C14H19NO. The minimum absolute atomic E-state index is 0.813. The van der Waals surface area contributed by atoms with Crippen LogP contribution in [0.15, 0.2) is 18.2 Å². The Kier molecular flexibility index (Phi) is 2.83. The van der Waals surface area contributed by atoms with Gasteiger partial charge in [0.1, 0.15) is 5.75 Å². The van der Waals surface area contributed by atoms with Crippen LogP contribution in [0, 0.1) is 5.92 Å². The van der Waals surface area contributed by atoms with Crippen molar-refractivity contribution >= 4 is 0 Å². The van der Waals surface area contributed by atoms with Crippen LogP contribution >= 0.6 is 0 Å². The van der Waals surface area contributed by atoms with Crippen LogP contribution < -0.4 is 10.1 Å². The van der Waals surface area contributed by atoms with E-state index in [1.807, 2.05) is 0 Å². The average molecular weight is 217 g/mol. The summed E-state index contributed by atoms with van der Waals surface area (Å²) in [5.41, 5.74) is 2.82. The molecule has 1 atom stereocenters. The molecular weight excluding hydrogens is 198 g/mol. The Morgan fingerprint density at radius 1 is 1.38 bits per heavy atom. The molecule has 1 N–H and O–H groups in total. The lowest BCUT2D eigenvalue weighted by Gasteiger charge is -2.22. The molecule has 0 radical (unpaired) electrons. The number of piperidine rings is 1. The van der Waals surface area contributed by atoms with E-state index in [0.717, 1.165) is 24.7 Å². The van der Waals surface area contributed by atoms with Gasteiger partial charge in [0.05, 0.1) is 6.61 Å². The number of benzene rings is 1. The SMILES string of the molecule is c1cc2c(cc1CC1CCCNC1)OCC2. The van der Waals surface area contributed by atoms with E-state index in [2.05, 4.69) is 23.5 Å². The first kappa shape index (κ1) is 10.2. The first-order valence-corrected chi connectivity index (χ1v) is 6.37. The maximum Gasteiger partial charge on any atom is 0.122 e. The Morgan fingerprint density at radius 3 is 3.25 bits per heavy atom. The van der Waals surface area contributed by atoms with Gasteiger partial charge in [-0.15, -0.1) is 0 Å². The van der Waals surface area contributed by atoms with Crippen molar-refractivity contribution < 1.29 is 4.74 Å². The van der Waals surface area contributed by atoms with Crippen molar-refractivity contribution in [2.45, 2.75) is 25.7 Å². The Bertz CT molecular complexity index is 369. The second kappa shape index (κ2) is 4.46. The van der Waals surface area contributed by atoms with Crippen molar-refractivity contribution in [1.82, 2.24) is 5.32 Å². The number of fused-ring (bicyclic) bond motifs is 1. The zero-order valence-electron chi connectivity index (χ0n) is 9.67. The van der Waals surface area contributed by atoms with Crippen molar-refractivity contribution in [2.75, 3.05) is 19.7 Å². The summed E-state index contributed by atoms with van der Waals surface area (Å²) in [6.07, 6.45) is 4.97. The average Bonchev–Trinajstić information content (AvgIpc) is 2.77. The molecule has 2 heteroatoms. The predicted molar refractivity (Wildman–Crippen MR) is 64.9 cm³/mol. The van der Waals surface area contributed by atoms with Gasteiger partial charge in [-0.3, -0.25) is 0 Å². The molecule has 2 aliphatic rings. The van der Waals surface area contributed by atoms with Gasteiger partial charge in [-0.1, -0.05) is 12.1 Å². The molecule has 1 fully saturated rings. The summed E-state index contributed by atoms with van der Waals surface area (Å²) in [4.78, 5) is 0. The molecule has 1 aromatic carbocycles. The van der Waals surface area contributed by atoms with Crippen LogP contribution in [-0.4, -0.2) is 19.7 Å². The monoisotopic (exact) mass is 217 g/mol. The van der Waals surface area contributed by atoms with Crippen molar-refractivity contribution in [1.29, 1.82) is 0 Å². The largest absolute Gasteiger partial charge is 0.493 e. The minimum atomic E-state index is 0.813. The highest BCUT2D eigenvalue weighted by Gasteiger charge is 2.16. The Labute approximate surface area is 97.0 Å². The molecule has 2 heterocycles. The lowest BCUT2D eigenvalue weighted by atomic mass is 9.92. The number of hydrogen-bond donors (Lipinski definition) is 1. The molecule has 1 unspecified atom stereocenters. The fourth-order valence-electron chi connectivity index (χ4n) is 2.77. The van der Waals surface area contributed by atoms with Crippen LogP contribution in [0.4, 0.5) is 0 Å². The van der Waals surface area contributed by atoms with Gasteiger partial charge in [-0.2, -0.15) is 0 Å². The molecule has 2 aliphatic heterocycles. The van der Waals surface area contributed by atoms with Crippen LogP contribution in [-0.2, 0) is 12.8 Å². The molecule has 0 amide bonds. The fraction of sp³-hybridized carbons (Fsp3) is 0.571. The van der Waals surface area contributed by atoms with Gasteiger partial charge in [-0.25, -0.2) is 0 Å². The lowest BCUT2D eigenvalue weighted by Crippen LogP contribution is -2.30. The number of ether oxygens (including phenoxy) is 1. The second-order valence-corrected chi connectivity index (χ2v) is 4.96. The first-order chi connectivity index (χ1) is 7.92. The van der Waals surface area contributed by atoms with Crippen molar-refractivity contribution in [3.63, 3.8) is 0 Å². The van der Waals surface area contributed by atoms with E-state index in [-0.39, 0.29) is 0 Å². The quantitative estimate of drug-likeness (QED) is 0.819. The molecule has 0 bridgehead atoms. The standard InChI is InChI=1S/C14H19NO/c1-2-12(10-15-6-1)8-11-3-4-13-5-7-16-14(13)9-11/h3-4,9,12,15H,1-2,5-8,10H2. The van der Waals surface area contributed by atoms with E-state index in [9.17, 15) is 0 Å². The Morgan fingerprint density at radius 2 is 2.38 bits per heavy atom. The summed E-state index contributed by atoms with van der Waals surface area (Å²) < 4.78 is 5.61. The molecule has 86 valence electrons. The van der Waals surface area contributed by atoms with Gasteiger partial charge in [0, 0.05) is 6.42 Å². The number of hydrogen-bond acceptors (Lipinski definition) is 2. The van der Waals surface area contributed by atoms with Gasteiger partial charge in [0.15, 0.2) is 0 Å². The van der Waals surface area contributed by atoms with Crippen LogP contribution in [0.25, 0.3) is 0 Å². The molecule has 0 saturated carbocycles. The molecule has 1 saturated heterocycles. The summed E-state index contributed by atoms with van der Waals surface area (Å²) in [5, 5.41) is 3.48. The van der Waals surface area contributed by atoms with Gasteiger partial charge >= 0.3 is 0 Å². The van der Waals surface area contributed by atoms with E-state index in [1.165, 1.54) is 43.5 Å². The van der Waals surface area contributed by atoms with Crippen LogP contribution in [0.2, 0.25) is 0 Å². The van der Waals surface area contributed by atoms with E-state index < -0.39 is 0 Å². The van der Waals surface area contributed by atoms with Gasteiger partial charge in [-0.05, 0) is 55.5 Å². The third-order valence-corrected chi connectivity index (χ3v) is 3.68. The second-order valence-electron chi connectivity index (χ2n) is 4.96. The summed E-state index contributed by atoms with van der Waals surface area (Å²) in [6.45, 7) is 3.24.